The number of benzene rings is 4. The molecule has 0 bridgehead atoms. The number of aldehydes is 1. The molecule has 4 aromatic carbocycles. The lowest BCUT2D eigenvalue weighted by atomic mass is 9.94. The summed E-state index contributed by atoms with van der Waals surface area (Å²) in [5.41, 5.74) is 0.732. The lowest BCUT2D eigenvalue weighted by Gasteiger charge is -2.11. The predicted molar refractivity (Wildman–Crippen MR) is 90.9 cm³/mol. The molecular formula is C20H14O2. The molecule has 0 aliphatic carbocycles. The van der Waals surface area contributed by atoms with Gasteiger partial charge in [-0.05, 0) is 50.5 Å². The number of carbonyl (C=O) groups excluding carboxylic acids is 1. The van der Waals surface area contributed by atoms with Crippen molar-refractivity contribution in [3.63, 3.8) is 0 Å². The molecule has 0 N–H and O–H groups in total. The van der Waals surface area contributed by atoms with Crippen molar-refractivity contribution in [2.45, 2.75) is 0 Å². The van der Waals surface area contributed by atoms with Crippen LogP contribution in [0.4, 0.5) is 0 Å². The van der Waals surface area contributed by atoms with Gasteiger partial charge in [0, 0.05) is 5.56 Å². The fourth-order valence-corrected chi connectivity index (χ4v) is 3.17. The lowest BCUT2D eigenvalue weighted by Crippen LogP contribution is -1.88. The minimum Gasteiger partial charge on any atom is -0.497 e. The summed E-state index contributed by atoms with van der Waals surface area (Å²) in [6, 6.07) is 20.3. The van der Waals surface area contributed by atoms with Gasteiger partial charge in [-0.25, -0.2) is 0 Å². The van der Waals surface area contributed by atoms with Crippen LogP contribution >= 0.6 is 0 Å². The van der Waals surface area contributed by atoms with Crippen LogP contribution in [0.2, 0.25) is 0 Å². The van der Waals surface area contributed by atoms with Crippen molar-refractivity contribution >= 4 is 38.6 Å². The smallest absolute Gasteiger partial charge is 0.150 e. The number of fused-ring (bicyclic) bond motifs is 5. The molecule has 0 amide bonds. The van der Waals surface area contributed by atoms with Crippen LogP contribution in [0.3, 0.4) is 0 Å². The van der Waals surface area contributed by atoms with Gasteiger partial charge in [0.05, 0.1) is 7.11 Å². The summed E-state index contributed by atoms with van der Waals surface area (Å²) in [5, 5.41) is 6.67. The largest absolute Gasteiger partial charge is 0.497 e. The molecule has 0 atom stereocenters. The van der Waals surface area contributed by atoms with Gasteiger partial charge in [0.2, 0.25) is 0 Å². The van der Waals surface area contributed by atoms with E-state index in [2.05, 4.69) is 24.3 Å². The highest BCUT2D eigenvalue weighted by Gasteiger charge is 2.09. The van der Waals surface area contributed by atoms with E-state index in [0.29, 0.717) is 0 Å². The van der Waals surface area contributed by atoms with Crippen molar-refractivity contribution in [1.29, 1.82) is 0 Å². The molecule has 0 fully saturated rings. The van der Waals surface area contributed by atoms with Crippen molar-refractivity contribution in [2.24, 2.45) is 0 Å². The van der Waals surface area contributed by atoms with Crippen molar-refractivity contribution in [3.8, 4) is 5.75 Å². The zero-order valence-electron chi connectivity index (χ0n) is 12.2. The maximum atomic E-state index is 11.4. The molecule has 0 aliphatic rings. The standard InChI is InChI=1S/C20H14O2/c1-22-16-8-9-18-13(11-16)6-7-14-10-15(12-21)17-4-2-3-5-19(17)20(14)18/h2-12H,1H3. The second-order valence-electron chi connectivity index (χ2n) is 5.38. The summed E-state index contributed by atoms with van der Waals surface area (Å²) in [6.45, 7) is 0. The molecule has 4 aromatic rings. The van der Waals surface area contributed by atoms with Gasteiger partial charge in [-0.1, -0.05) is 42.5 Å². The van der Waals surface area contributed by atoms with E-state index >= 15 is 0 Å². The first kappa shape index (κ1) is 12.8. The normalized spacial score (nSPS) is 11.1. The molecule has 0 saturated carbocycles. The van der Waals surface area contributed by atoms with Crippen LogP contribution in [0.15, 0.2) is 60.7 Å². The van der Waals surface area contributed by atoms with Gasteiger partial charge in [0.15, 0.2) is 6.29 Å². The fraction of sp³-hybridized carbons (Fsp3) is 0.0500. The second kappa shape index (κ2) is 4.85. The van der Waals surface area contributed by atoms with Gasteiger partial charge in [-0.3, -0.25) is 4.79 Å². The zero-order valence-corrected chi connectivity index (χ0v) is 12.2. The topological polar surface area (TPSA) is 26.3 Å². The summed E-state index contributed by atoms with van der Waals surface area (Å²) in [7, 11) is 1.67. The molecule has 4 rings (SSSR count). The average molecular weight is 286 g/mol. The number of rotatable bonds is 2. The van der Waals surface area contributed by atoms with Crippen LogP contribution in [0.5, 0.6) is 5.75 Å². The third kappa shape index (κ3) is 1.77. The van der Waals surface area contributed by atoms with E-state index in [4.69, 9.17) is 4.74 Å². The molecular weight excluding hydrogens is 272 g/mol. The second-order valence-corrected chi connectivity index (χ2v) is 5.38. The number of carbonyl (C=O) groups is 1. The van der Waals surface area contributed by atoms with E-state index in [1.165, 1.54) is 10.8 Å². The van der Waals surface area contributed by atoms with Crippen molar-refractivity contribution in [3.05, 3.63) is 66.2 Å². The van der Waals surface area contributed by atoms with E-state index in [9.17, 15) is 4.79 Å². The Kier molecular flexibility index (Phi) is 2.83. The molecule has 0 spiro atoms. The number of hydrogen-bond acceptors (Lipinski definition) is 2. The maximum absolute atomic E-state index is 11.4. The Morgan fingerprint density at radius 2 is 1.59 bits per heavy atom. The molecule has 0 saturated heterocycles. The van der Waals surface area contributed by atoms with Crippen LogP contribution in [0, 0.1) is 0 Å². The SMILES string of the molecule is COc1ccc2c(ccc3cc(C=O)c4ccccc4c32)c1. The predicted octanol–water partition coefficient (Wildman–Crippen LogP) is 4.97. The zero-order chi connectivity index (χ0) is 15.1. The molecule has 0 aliphatic heterocycles. The Labute approximate surface area is 127 Å². The Balaban J connectivity index is 2.25. The molecule has 0 radical (unpaired) electrons. The highest BCUT2D eigenvalue weighted by atomic mass is 16.5. The van der Waals surface area contributed by atoms with Crippen LogP contribution in [-0.2, 0) is 0 Å². The monoisotopic (exact) mass is 286 g/mol. The highest BCUT2D eigenvalue weighted by molar-refractivity contribution is 6.23. The first-order valence-electron chi connectivity index (χ1n) is 7.19. The Hall–Kier alpha value is -2.87. The van der Waals surface area contributed by atoms with Crippen LogP contribution in [-0.4, -0.2) is 13.4 Å². The summed E-state index contributed by atoms with van der Waals surface area (Å²) in [6.07, 6.45) is 0.931. The number of methoxy groups -OCH3 is 1. The van der Waals surface area contributed by atoms with Gasteiger partial charge in [0.1, 0.15) is 5.75 Å². The van der Waals surface area contributed by atoms with E-state index in [-0.39, 0.29) is 0 Å². The number of ether oxygens (including phenoxy) is 1. The third-order valence-corrected chi connectivity index (χ3v) is 4.20. The van der Waals surface area contributed by atoms with Gasteiger partial charge in [-0.2, -0.15) is 0 Å². The Bertz CT molecular complexity index is 1030. The fourth-order valence-electron chi connectivity index (χ4n) is 3.17. The summed E-state index contributed by atoms with van der Waals surface area (Å²) in [4.78, 5) is 11.4. The molecule has 2 nitrogen and oxygen atoms in total. The van der Waals surface area contributed by atoms with Crippen LogP contribution in [0.25, 0.3) is 32.3 Å². The van der Waals surface area contributed by atoms with Crippen LogP contribution < -0.4 is 4.74 Å². The highest BCUT2D eigenvalue weighted by Crippen LogP contribution is 2.34. The van der Waals surface area contributed by atoms with E-state index < -0.39 is 0 Å². The maximum Gasteiger partial charge on any atom is 0.150 e. The summed E-state index contributed by atoms with van der Waals surface area (Å²) in [5.74, 6) is 0.848. The van der Waals surface area contributed by atoms with Gasteiger partial charge >= 0.3 is 0 Å². The first-order valence-corrected chi connectivity index (χ1v) is 7.19. The molecule has 106 valence electrons. The summed E-state index contributed by atoms with van der Waals surface area (Å²) >= 11 is 0. The van der Waals surface area contributed by atoms with Crippen molar-refractivity contribution < 1.29 is 9.53 Å². The molecule has 0 unspecified atom stereocenters. The van der Waals surface area contributed by atoms with E-state index in [1.54, 1.807) is 7.11 Å². The third-order valence-electron chi connectivity index (χ3n) is 4.20. The van der Waals surface area contributed by atoms with Gasteiger partial charge in [-0.15, -0.1) is 0 Å². The van der Waals surface area contributed by atoms with Crippen molar-refractivity contribution in [1.82, 2.24) is 0 Å². The minimum absolute atomic E-state index is 0.732. The summed E-state index contributed by atoms with van der Waals surface area (Å²) < 4.78 is 5.31. The quantitative estimate of drug-likeness (QED) is 0.384. The Morgan fingerprint density at radius 1 is 0.818 bits per heavy atom. The Morgan fingerprint density at radius 3 is 2.36 bits per heavy atom. The minimum atomic E-state index is 0.732. The number of hydrogen-bond donors (Lipinski definition) is 0. The molecule has 0 aromatic heterocycles. The average Bonchev–Trinajstić information content (AvgIpc) is 2.59. The van der Waals surface area contributed by atoms with Gasteiger partial charge in [0.25, 0.3) is 0 Å². The first-order chi connectivity index (χ1) is 10.8. The lowest BCUT2D eigenvalue weighted by molar-refractivity contribution is 0.112. The van der Waals surface area contributed by atoms with E-state index in [0.717, 1.165) is 39.1 Å². The van der Waals surface area contributed by atoms with Crippen LogP contribution in [0.1, 0.15) is 10.4 Å². The molecule has 0 heterocycles. The van der Waals surface area contributed by atoms with E-state index in [1.807, 2.05) is 36.4 Å². The molecule has 2 heteroatoms. The van der Waals surface area contributed by atoms with Gasteiger partial charge < -0.3 is 4.74 Å². The van der Waals surface area contributed by atoms with Crippen molar-refractivity contribution in [2.75, 3.05) is 7.11 Å². The molecule has 22 heavy (non-hydrogen) atoms.